The minimum atomic E-state index is -0.395. The molecule has 1 unspecified atom stereocenters. The molecule has 0 saturated carbocycles. The zero-order valence-corrected chi connectivity index (χ0v) is 13.4. The number of aliphatic hydroxyl groups is 2. The molecule has 0 aliphatic rings. The van der Waals surface area contributed by atoms with Crippen molar-refractivity contribution in [3.05, 3.63) is 22.5 Å². The first kappa shape index (κ1) is 16.7. The largest absolute Gasteiger partial charge is 0.396 e. The van der Waals surface area contributed by atoms with Crippen LogP contribution in [-0.4, -0.2) is 33.7 Å². The monoisotopic (exact) mass is 301 g/mol. The average molecular weight is 301 g/mol. The summed E-state index contributed by atoms with van der Waals surface area (Å²) in [7, 11) is 0. The highest BCUT2D eigenvalue weighted by Gasteiger charge is 2.15. The third kappa shape index (κ3) is 4.60. The fourth-order valence-corrected chi connectivity index (χ4v) is 3.28. The van der Waals surface area contributed by atoms with Gasteiger partial charge in [-0.3, -0.25) is 0 Å². The number of aromatic nitrogens is 1. The van der Waals surface area contributed by atoms with E-state index in [0.29, 0.717) is 19.4 Å². The molecule has 1 aromatic heterocycles. The van der Waals surface area contributed by atoms with E-state index in [1.54, 1.807) is 11.8 Å². The predicted molar refractivity (Wildman–Crippen MR) is 83.3 cm³/mol. The van der Waals surface area contributed by atoms with Gasteiger partial charge < -0.3 is 14.8 Å². The maximum absolute atomic E-state index is 10.0. The van der Waals surface area contributed by atoms with Crippen LogP contribution in [0.1, 0.15) is 25.3 Å². The summed E-state index contributed by atoms with van der Waals surface area (Å²) in [5.74, 6) is 0.121. The summed E-state index contributed by atoms with van der Waals surface area (Å²) < 4.78 is 2.87. The van der Waals surface area contributed by atoms with Crippen LogP contribution in [0.3, 0.4) is 0 Å². The van der Waals surface area contributed by atoms with Crippen LogP contribution in [-0.2, 0) is 6.54 Å². The summed E-state index contributed by atoms with van der Waals surface area (Å²) in [5, 5.41) is 18.8. The van der Waals surface area contributed by atoms with E-state index in [4.69, 9.17) is 17.3 Å². The molecule has 0 fully saturated rings. The van der Waals surface area contributed by atoms with E-state index < -0.39 is 6.10 Å². The van der Waals surface area contributed by atoms with E-state index >= 15 is 0 Å². The van der Waals surface area contributed by atoms with Gasteiger partial charge in [-0.2, -0.15) is 0 Å². The molecule has 0 radical (unpaired) electrons. The van der Waals surface area contributed by atoms with Gasteiger partial charge in [0, 0.05) is 24.2 Å². The lowest BCUT2D eigenvalue weighted by molar-refractivity contribution is 0.0895. The lowest BCUT2D eigenvalue weighted by atomic mass is 10.0. The van der Waals surface area contributed by atoms with E-state index in [1.807, 2.05) is 23.9 Å². The van der Waals surface area contributed by atoms with E-state index in [0.717, 1.165) is 9.54 Å². The van der Waals surface area contributed by atoms with Crippen molar-refractivity contribution in [1.82, 2.24) is 4.57 Å². The first-order valence-corrected chi connectivity index (χ1v) is 8.17. The van der Waals surface area contributed by atoms with Crippen LogP contribution in [0.5, 0.6) is 0 Å². The number of rotatable bonds is 7. The van der Waals surface area contributed by atoms with Gasteiger partial charge in [0.1, 0.15) is 4.64 Å². The molecule has 0 bridgehead atoms. The molecule has 19 heavy (non-hydrogen) atoms. The van der Waals surface area contributed by atoms with Crippen LogP contribution in [0.25, 0.3) is 0 Å². The molecule has 1 rings (SSSR count). The van der Waals surface area contributed by atoms with Crippen molar-refractivity contribution in [3.63, 3.8) is 0 Å². The van der Waals surface area contributed by atoms with Crippen LogP contribution in [0.4, 0.5) is 0 Å². The molecular weight excluding hydrogens is 278 g/mol. The molecule has 1 heterocycles. The predicted octanol–water partition coefficient (Wildman–Crippen LogP) is 3.02. The Kier molecular flexibility index (Phi) is 7.07. The number of nitrogens with zero attached hydrogens (tertiary/aromatic N) is 1. The highest BCUT2D eigenvalue weighted by Crippen LogP contribution is 2.22. The number of hydrogen-bond donors (Lipinski definition) is 2. The van der Waals surface area contributed by atoms with Crippen LogP contribution in [0.2, 0.25) is 0 Å². The molecule has 2 N–H and O–H groups in total. The van der Waals surface area contributed by atoms with Crippen molar-refractivity contribution in [2.24, 2.45) is 5.92 Å². The second-order valence-electron chi connectivity index (χ2n) is 4.90. The van der Waals surface area contributed by atoms with E-state index in [1.165, 1.54) is 5.56 Å². The summed E-state index contributed by atoms with van der Waals surface area (Å²) in [6.07, 6.45) is 4.90. The maximum atomic E-state index is 10.0. The Bertz CT molecular complexity index is 459. The third-order valence-electron chi connectivity index (χ3n) is 3.32. The van der Waals surface area contributed by atoms with Crippen LogP contribution in [0, 0.1) is 17.5 Å². The van der Waals surface area contributed by atoms with Gasteiger partial charge in [-0.15, -0.1) is 11.8 Å². The van der Waals surface area contributed by atoms with E-state index in [-0.39, 0.29) is 12.5 Å². The lowest BCUT2D eigenvalue weighted by Gasteiger charge is -2.21. The molecular formula is C14H23NO2S2. The van der Waals surface area contributed by atoms with Crippen LogP contribution in [0.15, 0.2) is 17.2 Å². The minimum Gasteiger partial charge on any atom is -0.396 e. The Morgan fingerprint density at radius 3 is 2.74 bits per heavy atom. The number of aryl methyl sites for hydroxylation is 1. The Hall–Kier alpha value is -0.360. The summed E-state index contributed by atoms with van der Waals surface area (Å²) >= 11 is 7.16. The van der Waals surface area contributed by atoms with Gasteiger partial charge in [0.2, 0.25) is 0 Å². The fraction of sp³-hybridized carbons (Fsp3) is 0.643. The lowest BCUT2D eigenvalue weighted by Crippen LogP contribution is -2.23. The van der Waals surface area contributed by atoms with E-state index in [2.05, 4.69) is 13.0 Å². The Labute approximate surface area is 124 Å². The maximum Gasteiger partial charge on any atom is 0.119 e. The molecule has 0 aliphatic heterocycles. The summed E-state index contributed by atoms with van der Waals surface area (Å²) in [6, 6.07) is 2.06. The normalized spacial score (nSPS) is 14.4. The molecule has 0 aliphatic carbocycles. The first-order valence-electron chi connectivity index (χ1n) is 6.54. The smallest absolute Gasteiger partial charge is 0.119 e. The molecule has 0 aromatic carbocycles. The van der Waals surface area contributed by atoms with Crippen molar-refractivity contribution in [2.45, 2.75) is 44.2 Å². The molecule has 0 amide bonds. The van der Waals surface area contributed by atoms with Gasteiger partial charge in [0.05, 0.1) is 6.10 Å². The van der Waals surface area contributed by atoms with Crippen LogP contribution >= 0.6 is 24.0 Å². The zero-order valence-electron chi connectivity index (χ0n) is 11.8. The third-order valence-corrected chi connectivity index (χ3v) is 4.81. The van der Waals surface area contributed by atoms with Crippen molar-refractivity contribution in [2.75, 3.05) is 12.9 Å². The van der Waals surface area contributed by atoms with Crippen molar-refractivity contribution in [1.29, 1.82) is 0 Å². The highest BCUT2D eigenvalue weighted by molar-refractivity contribution is 7.98. The standard InChI is InChI=1S/C14H23NO2S2/c1-10-6-7-15(14(18)13(10)19-3)9-11(2)12(17)5-4-8-16/h6-7,11-12,16-17H,4-5,8-9H2,1-3H3/t11?,12-/m0/s1. The molecule has 2 atom stereocenters. The molecule has 1 aromatic rings. The summed E-state index contributed by atoms with van der Waals surface area (Å²) in [4.78, 5) is 1.13. The highest BCUT2D eigenvalue weighted by atomic mass is 32.2. The van der Waals surface area contributed by atoms with Gasteiger partial charge in [-0.05, 0) is 43.6 Å². The number of pyridine rings is 1. The van der Waals surface area contributed by atoms with Gasteiger partial charge in [-0.1, -0.05) is 19.1 Å². The summed E-state index contributed by atoms with van der Waals surface area (Å²) in [6.45, 7) is 4.91. The first-order chi connectivity index (χ1) is 9.01. The summed E-state index contributed by atoms with van der Waals surface area (Å²) in [5.41, 5.74) is 1.20. The molecule has 0 spiro atoms. The van der Waals surface area contributed by atoms with Gasteiger partial charge in [-0.25, -0.2) is 0 Å². The van der Waals surface area contributed by atoms with Gasteiger partial charge >= 0.3 is 0 Å². The van der Waals surface area contributed by atoms with Gasteiger partial charge in [0.25, 0.3) is 0 Å². The number of thioether (sulfide) groups is 1. The molecule has 3 nitrogen and oxygen atoms in total. The molecule has 0 saturated heterocycles. The Balaban J connectivity index is 2.80. The molecule has 5 heteroatoms. The average Bonchev–Trinajstić information content (AvgIpc) is 2.39. The SMILES string of the molecule is CSc1c(C)ccn(CC(C)[C@@H](O)CCCO)c1=S. The van der Waals surface area contributed by atoms with Crippen molar-refractivity contribution in [3.8, 4) is 0 Å². The van der Waals surface area contributed by atoms with E-state index in [9.17, 15) is 5.11 Å². The Morgan fingerprint density at radius 2 is 2.16 bits per heavy atom. The second kappa shape index (κ2) is 8.04. The van der Waals surface area contributed by atoms with Crippen molar-refractivity contribution < 1.29 is 10.2 Å². The topological polar surface area (TPSA) is 45.4 Å². The fourth-order valence-electron chi connectivity index (χ4n) is 2.05. The quantitative estimate of drug-likeness (QED) is 0.600. The molecule has 108 valence electrons. The van der Waals surface area contributed by atoms with Crippen molar-refractivity contribution >= 4 is 24.0 Å². The zero-order chi connectivity index (χ0) is 14.4. The minimum absolute atomic E-state index is 0.121. The van der Waals surface area contributed by atoms with Crippen LogP contribution < -0.4 is 0 Å². The van der Waals surface area contributed by atoms with Gasteiger partial charge in [0.15, 0.2) is 0 Å². The Morgan fingerprint density at radius 1 is 1.47 bits per heavy atom. The number of aliphatic hydroxyl groups excluding tert-OH is 2. The number of hydrogen-bond acceptors (Lipinski definition) is 4. The second-order valence-corrected chi connectivity index (χ2v) is 6.10.